The minimum atomic E-state index is -3.73. The van der Waals surface area contributed by atoms with Crippen molar-refractivity contribution < 1.29 is 18.3 Å². The van der Waals surface area contributed by atoms with E-state index in [4.69, 9.17) is 34.0 Å². The number of carboxylic acids is 1. The van der Waals surface area contributed by atoms with Crippen molar-refractivity contribution in [2.45, 2.75) is 23.9 Å². The smallest absolute Gasteiger partial charge is 0.320 e. The highest BCUT2D eigenvalue weighted by atomic mass is 35.5. The Morgan fingerprint density at radius 2 is 1.68 bits per heavy atom. The third-order valence-electron chi connectivity index (χ3n) is 3.46. The molecule has 0 amide bonds. The summed E-state index contributed by atoms with van der Waals surface area (Å²) in [5.74, 6) is -1.07. The first-order chi connectivity index (χ1) is 11.7. The molecule has 0 bridgehead atoms. The maximum atomic E-state index is 12.3. The topological polar surface area (TPSA) is 109 Å². The van der Waals surface area contributed by atoms with Crippen LogP contribution in [-0.2, 0) is 27.8 Å². The fraction of sp³-hybridized carbons (Fsp3) is 0.188. The molecule has 134 valence electrons. The van der Waals surface area contributed by atoms with Crippen molar-refractivity contribution >= 4 is 39.2 Å². The Balaban J connectivity index is 2.02. The number of hydrogen-bond acceptors (Lipinski definition) is 4. The van der Waals surface area contributed by atoms with Gasteiger partial charge < -0.3 is 10.8 Å². The van der Waals surface area contributed by atoms with E-state index in [2.05, 4.69) is 4.72 Å². The number of nitrogens with two attached hydrogens (primary N) is 1. The van der Waals surface area contributed by atoms with Crippen molar-refractivity contribution in [3.63, 3.8) is 0 Å². The summed E-state index contributed by atoms with van der Waals surface area (Å²) >= 11 is 11.6. The van der Waals surface area contributed by atoms with Crippen LogP contribution in [0.25, 0.3) is 0 Å². The molecule has 2 rings (SSSR count). The first kappa shape index (κ1) is 19.7. The summed E-state index contributed by atoms with van der Waals surface area (Å²) < 4.78 is 27.0. The lowest BCUT2D eigenvalue weighted by Crippen LogP contribution is -2.32. The average Bonchev–Trinajstić information content (AvgIpc) is 2.56. The number of rotatable bonds is 7. The summed E-state index contributed by atoms with van der Waals surface area (Å²) in [6.45, 7) is 0.0772. The molecule has 2 aromatic rings. The first-order valence-electron chi connectivity index (χ1n) is 7.20. The van der Waals surface area contributed by atoms with Crippen molar-refractivity contribution in [3.8, 4) is 0 Å². The van der Waals surface area contributed by atoms with E-state index < -0.39 is 22.0 Å². The summed E-state index contributed by atoms with van der Waals surface area (Å²) in [6.07, 6.45) is 0.199. The second-order valence-electron chi connectivity index (χ2n) is 5.37. The van der Waals surface area contributed by atoms with Gasteiger partial charge in [0.25, 0.3) is 0 Å². The van der Waals surface area contributed by atoms with Crippen LogP contribution in [0.3, 0.4) is 0 Å². The largest absolute Gasteiger partial charge is 0.480 e. The molecular weight excluding hydrogens is 387 g/mol. The van der Waals surface area contributed by atoms with Gasteiger partial charge in [0.05, 0.1) is 14.9 Å². The molecule has 4 N–H and O–H groups in total. The summed E-state index contributed by atoms with van der Waals surface area (Å²) in [6, 6.07) is 9.94. The molecule has 2 aromatic carbocycles. The number of carboxylic acid groups (broad SMARTS) is 1. The van der Waals surface area contributed by atoms with Crippen LogP contribution in [0, 0.1) is 0 Å². The molecular formula is C16H16Cl2N2O4S. The summed E-state index contributed by atoms with van der Waals surface area (Å²) in [5, 5.41) is 9.23. The number of halogens is 2. The number of nitrogens with one attached hydrogen (secondary N) is 1. The maximum absolute atomic E-state index is 12.3. The lowest BCUT2D eigenvalue weighted by atomic mass is 10.0. The van der Waals surface area contributed by atoms with Crippen LogP contribution in [0.4, 0.5) is 0 Å². The monoisotopic (exact) mass is 402 g/mol. The average molecular weight is 403 g/mol. The highest BCUT2D eigenvalue weighted by Crippen LogP contribution is 2.24. The van der Waals surface area contributed by atoms with Crippen LogP contribution in [0.1, 0.15) is 11.1 Å². The van der Waals surface area contributed by atoms with Gasteiger partial charge >= 0.3 is 5.97 Å². The van der Waals surface area contributed by atoms with E-state index in [1.165, 1.54) is 18.2 Å². The van der Waals surface area contributed by atoms with E-state index >= 15 is 0 Å². The van der Waals surface area contributed by atoms with Crippen molar-refractivity contribution in [3.05, 3.63) is 63.6 Å². The number of aliphatic carboxylic acids is 1. The Kier molecular flexibility index (Phi) is 6.42. The van der Waals surface area contributed by atoms with Crippen LogP contribution in [0.2, 0.25) is 10.0 Å². The summed E-state index contributed by atoms with van der Waals surface area (Å²) in [7, 11) is -3.73. The van der Waals surface area contributed by atoms with Crippen LogP contribution >= 0.6 is 23.2 Å². The summed E-state index contributed by atoms with van der Waals surface area (Å²) in [4.78, 5) is 10.8. The molecule has 0 unspecified atom stereocenters. The fourth-order valence-corrected chi connectivity index (χ4v) is 3.45. The third kappa shape index (κ3) is 5.42. The Hall–Kier alpha value is -1.64. The van der Waals surface area contributed by atoms with Gasteiger partial charge in [-0.15, -0.1) is 0 Å². The van der Waals surface area contributed by atoms with E-state index in [9.17, 15) is 13.2 Å². The Labute approximate surface area is 155 Å². The standard InChI is InChI=1S/C16H16Cl2N2O4S/c17-13-6-5-12(8-14(13)18)25(23,24)20-9-11-3-1-10(2-4-11)7-15(19)16(21)22/h1-6,8,15,20H,7,9,19H2,(H,21,22)/t15-/m0/s1. The second kappa shape index (κ2) is 8.16. The van der Waals surface area contributed by atoms with Crippen LogP contribution in [0.15, 0.2) is 47.4 Å². The molecule has 0 saturated heterocycles. The molecule has 9 heteroatoms. The van der Waals surface area contributed by atoms with Crippen molar-refractivity contribution in [1.29, 1.82) is 0 Å². The second-order valence-corrected chi connectivity index (χ2v) is 7.95. The van der Waals surface area contributed by atoms with Gasteiger partial charge in [-0.2, -0.15) is 0 Å². The zero-order valence-electron chi connectivity index (χ0n) is 12.9. The molecule has 0 radical (unpaired) electrons. The quantitative estimate of drug-likeness (QED) is 0.658. The van der Waals surface area contributed by atoms with Gasteiger partial charge in [0.2, 0.25) is 10.0 Å². The Bertz CT molecular complexity index is 870. The van der Waals surface area contributed by atoms with Gasteiger partial charge in [-0.25, -0.2) is 13.1 Å². The van der Waals surface area contributed by atoms with E-state index in [1.807, 2.05) is 0 Å². The SMILES string of the molecule is N[C@@H](Cc1ccc(CNS(=O)(=O)c2ccc(Cl)c(Cl)c2)cc1)C(=O)O. The minimum absolute atomic E-state index is 0.0194. The lowest BCUT2D eigenvalue weighted by Gasteiger charge is -2.09. The van der Waals surface area contributed by atoms with Gasteiger partial charge in [0, 0.05) is 6.54 Å². The summed E-state index contributed by atoms with van der Waals surface area (Å²) in [5.41, 5.74) is 6.95. The third-order valence-corrected chi connectivity index (χ3v) is 5.60. The number of sulfonamides is 1. The number of benzene rings is 2. The van der Waals surface area contributed by atoms with Crippen molar-refractivity contribution in [2.24, 2.45) is 5.73 Å². The highest BCUT2D eigenvalue weighted by molar-refractivity contribution is 7.89. The molecule has 1 atom stereocenters. The minimum Gasteiger partial charge on any atom is -0.480 e. The van der Waals surface area contributed by atoms with Gasteiger partial charge in [0.15, 0.2) is 0 Å². The van der Waals surface area contributed by atoms with Gasteiger partial charge in [-0.05, 0) is 35.7 Å². The molecule has 0 aliphatic heterocycles. The molecule has 0 spiro atoms. The van der Waals surface area contributed by atoms with E-state index in [-0.39, 0.29) is 27.9 Å². The van der Waals surface area contributed by atoms with Crippen LogP contribution in [0.5, 0.6) is 0 Å². The fourth-order valence-electron chi connectivity index (χ4n) is 2.04. The normalized spacial score (nSPS) is 12.8. The first-order valence-corrected chi connectivity index (χ1v) is 9.44. The number of hydrogen-bond donors (Lipinski definition) is 3. The highest BCUT2D eigenvalue weighted by Gasteiger charge is 2.15. The molecule has 0 aliphatic carbocycles. The van der Waals surface area contributed by atoms with Gasteiger partial charge in [-0.3, -0.25) is 4.79 Å². The maximum Gasteiger partial charge on any atom is 0.320 e. The zero-order valence-corrected chi connectivity index (χ0v) is 15.3. The zero-order chi connectivity index (χ0) is 18.6. The molecule has 25 heavy (non-hydrogen) atoms. The van der Waals surface area contributed by atoms with E-state index in [0.29, 0.717) is 0 Å². The van der Waals surface area contributed by atoms with Gasteiger partial charge in [-0.1, -0.05) is 47.5 Å². The van der Waals surface area contributed by atoms with Crippen molar-refractivity contribution in [2.75, 3.05) is 0 Å². The predicted molar refractivity (Wildman–Crippen MR) is 96.2 cm³/mol. The van der Waals surface area contributed by atoms with Crippen molar-refractivity contribution in [1.82, 2.24) is 4.72 Å². The Morgan fingerprint density at radius 1 is 1.08 bits per heavy atom. The number of carbonyl (C=O) groups is 1. The van der Waals surface area contributed by atoms with Crippen LogP contribution in [-0.4, -0.2) is 25.5 Å². The molecule has 6 nitrogen and oxygen atoms in total. The molecule has 0 saturated carbocycles. The Morgan fingerprint density at radius 3 is 2.24 bits per heavy atom. The lowest BCUT2D eigenvalue weighted by molar-refractivity contribution is -0.138. The molecule has 0 aliphatic rings. The molecule has 0 aromatic heterocycles. The molecule has 0 heterocycles. The predicted octanol–water partition coefficient (Wildman–Crippen LogP) is 2.43. The van der Waals surface area contributed by atoms with E-state index in [0.717, 1.165) is 11.1 Å². The van der Waals surface area contributed by atoms with Crippen LogP contribution < -0.4 is 10.5 Å². The molecule has 0 fully saturated rings. The van der Waals surface area contributed by atoms with E-state index in [1.54, 1.807) is 24.3 Å². The van der Waals surface area contributed by atoms with Gasteiger partial charge in [0.1, 0.15) is 6.04 Å².